The van der Waals surface area contributed by atoms with E-state index in [2.05, 4.69) is 10.3 Å². The normalized spacial score (nSPS) is 13.2. The van der Waals surface area contributed by atoms with E-state index in [4.69, 9.17) is 11.5 Å². The van der Waals surface area contributed by atoms with Gasteiger partial charge in [-0.3, -0.25) is 14.6 Å². The fourth-order valence-corrected chi connectivity index (χ4v) is 2.34. The third kappa shape index (κ3) is 5.61. The second kappa shape index (κ2) is 9.44. The molecular weight excluding hydrogens is 340 g/mol. The molecule has 2 aromatic rings. The molecule has 132 valence electrons. The third-order valence-electron chi connectivity index (χ3n) is 3.48. The van der Waals surface area contributed by atoms with Gasteiger partial charge < -0.3 is 16.8 Å². The van der Waals surface area contributed by atoms with Crippen LogP contribution in [0.3, 0.4) is 0 Å². The van der Waals surface area contributed by atoms with Crippen LogP contribution in [0.1, 0.15) is 30.1 Å². The van der Waals surface area contributed by atoms with Gasteiger partial charge in [0.25, 0.3) is 0 Å². The molecule has 7 heteroatoms. The van der Waals surface area contributed by atoms with Crippen LogP contribution < -0.4 is 16.8 Å². The molecule has 0 saturated carbocycles. The molecule has 2 rings (SSSR count). The highest BCUT2D eigenvalue weighted by Crippen LogP contribution is 2.18. The van der Waals surface area contributed by atoms with E-state index in [1.807, 2.05) is 24.3 Å². The number of amides is 2. The van der Waals surface area contributed by atoms with E-state index in [0.717, 1.165) is 5.56 Å². The van der Waals surface area contributed by atoms with Gasteiger partial charge in [-0.2, -0.15) is 0 Å². The number of aliphatic imine (C=N–C) groups is 1. The van der Waals surface area contributed by atoms with E-state index >= 15 is 0 Å². The number of rotatable bonds is 6. The van der Waals surface area contributed by atoms with Crippen LogP contribution in [0.2, 0.25) is 0 Å². The van der Waals surface area contributed by atoms with Gasteiger partial charge in [0, 0.05) is 0 Å². The van der Waals surface area contributed by atoms with E-state index in [0.29, 0.717) is 11.4 Å². The van der Waals surface area contributed by atoms with Crippen molar-refractivity contribution in [2.45, 2.75) is 19.0 Å². The smallest absolute Gasteiger partial charge is 0.246 e. The Kier molecular flexibility index (Phi) is 7.62. The third-order valence-corrected chi connectivity index (χ3v) is 3.48. The molecule has 5 N–H and O–H groups in total. The van der Waals surface area contributed by atoms with Crippen molar-refractivity contribution in [1.82, 2.24) is 5.32 Å². The summed E-state index contributed by atoms with van der Waals surface area (Å²) in [5.41, 5.74) is 12.3. The summed E-state index contributed by atoms with van der Waals surface area (Å²) in [6.45, 7) is 1.66. The summed E-state index contributed by atoms with van der Waals surface area (Å²) in [5.74, 6) is -0.709. The van der Waals surface area contributed by atoms with Crippen molar-refractivity contribution >= 4 is 30.1 Å². The summed E-state index contributed by atoms with van der Waals surface area (Å²) < 4.78 is 0. The fourth-order valence-electron chi connectivity index (χ4n) is 2.34. The Morgan fingerprint density at radius 3 is 1.80 bits per heavy atom. The number of hydrogen-bond acceptors (Lipinski definition) is 3. The molecule has 0 aliphatic rings. The first-order valence-electron chi connectivity index (χ1n) is 7.48. The first-order valence-corrected chi connectivity index (χ1v) is 7.48. The first kappa shape index (κ1) is 20.2. The summed E-state index contributed by atoms with van der Waals surface area (Å²) in [4.78, 5) is 27.8. The SMILES string of the molecule is C/C(=N\C(C(N)=O)c1ccccc1)NC(C(N)=O)c1ccccc1.Cl. The van der Waals surface area contributed by atoms with Gasteiger partial charge in [0.05, 0.1) is 5.84 Å². The molecule has 0 saturated heterocycles. The van der Waals surface area contributed by atoms with Crippen LogP contribution in [-0.2, 0) is 9.59 Å². The Labute approximate surface area is 152 Å². The minimum absolute atomic E-state index is 0. The Morgan fingerprint density at radius 2 is 1.36 bits per heavy atom. The topological polar surface area (TPSA) is 111 Å². The van der Waals surface area contributed by atoms with Crippen LogP contribution in [0.25, 0.3) is 0 Å². The second-order valence-electron chi connectivity index (χ2n) is 5.32. The Balaban J connectivity index is 0.00000312. The van der Waals surface area contributed by atoms with Gasteiger partial charge >= 0.3 is 0 Å². The predicted octanol–water partition coefficient (Wildman–Crippen LogP) is 1.87. The highest BCUT2D eigenvalue weighted by molar-refractivity contribution is 5.91. The van der Waals surface area contributed by atoms with Crippen LogP contribution in [-0.4, -0.2) is 17.6 Å². The summed E-state index contributed by atoms with van der Waals surface area (Å²) in [7, 11) is 0. The van der Waals surface area contributed by atoms with Crippen molar-refractivity contribution in [2.75, 3.05) is 0 Å². The molecule has 0 aromatic heterocycles. The Bertz CT molecular complexity index is 735. The van der Waals surface area contributed by atoms with Crippen molar-refractivity contribution in [1.29, 1.82) is 0 Å². The molecule has 0 aliphatic heterocycles. The molecule has 2 aromatic carbocycles. The van der Waals surface area contributed by atoms with Gasteiger partial charge in [-0.1, -0.05) is 60.7 Å². The number of primary amides is 2. The highest BCUT2D eigenvalue weighted by Gasteiger charge is 2.20. The molecule has 0 aliphatic carbocycles. The standard InChI is InChI=1S/C18H20N4O2.ClH/c1-12(21-15(17(19)23)13-8-4-2-5-9-13)22-16(18(20)24)14-10-6-3-7-11-14;/h2-11,15-16H,1H3,(H2,19,23)(H2,20,24)(H,21,22);1H. The zero-order chi connectivity index (χ0) is 17.5. The molecule has 0 spiro atoms. The molecule has 2 amide bonds. The monoisotopic (exact) mass is 360 g/mol. The molecular formula is C18H21ClN4O2. The lowest BCUT2D eigenvalue weighted by molar-refractivity contribution is -0.120. The number of benzene rings is 2. The maximum absolute atomic E-state index is 11.7. The summed E-state index contributed by atoms with van der Waals surface area (Å²) >= 11 is 0. The van der Waals surface area contributed by atoms with Gasteiger partial charge in [-0.05, 0) is 18.1 Å². The van der Waals surface area contributed by atoms with Crippen molar-refractivity contribution < 1.29 is 9.59 Å². The second-order valence-corrected chi connectivity index (χ2v) is 5.32. The molecule has 25 heavy (non-hydrogen) atoms. The number of nitrogens with zero attached hydrogens (tertiary/aromatic N) is 1. The molecule has 2 unspecified atom stereocenters. The van der Waals surface area contributed by atoms with E-state index < -0.39 is 23.9 Å². The van der Waals surface area contributed by atoms with Gasteiger partial charge in [0.1, 0.15) is 6.04 Å². The Hall–Kier alpha value is -2.86. The van der Waals surface area contributed by atoms with Gasteiger partial charge in [0.2, 0.25) is 11.8 Å². The lowest BCUT2D eigenvalue weighted by Gasteiger charge is -2.18. The largest absolute Gasteiger partial charge is 0.368 e. The number of nitrogens with one attached hydrogen (secondary N) is 1. The van der Waals surface area contributed by atoms with Gasteiger partial charge in [0.15, 0.2) is 6.04 Å². The highest BCUT2D eigenvalue weighted by atomic mass is 35.5. The molecule has 0 fully saturated rings. The minimum atomic E-state index is -0.831. The molecule has 6 nitrogen and oxygen atoms in total. The lowest BCUT2D eigenvalue weighted by atomic mass is 10.1. The average molecular weight is 361 g/mol. The quantitative estimate of drug-likeness (QED) is 0.540. The average Bonchev–Trinajstić information content (AvgIpc) is 2.58. The molecule has 2 atom stereocenters. The van der Waals surface area contributed by atoms with Crippen LogP contribution in [0, 0.1) is 0 Å². The number of nitrogens with two attached hydrogens (primary N) is 2. The summed E-state index contributed by atoms with van der Waals surface area (Å²) in [6.07, 6.45) is 0. The molecule has 0 heterocycles. The molecule has 0 radical (unpaired) electrons. The Morgan fingerprint density at radius 1 is 0.880 bits per heavy atom. The van der Waals surface area contributed by atoms with Crippen molar-refractivity contribution in [3.8, 4) is 0 Å². The van der Waals surface area contributed by atoms with E-state index in [-0.39, 0.29) is 12.4 Å². The van der Waals surface area contributed by atoms with Gasteiger partial charge in [-0.15, -0.1) is 12.4 Å². The zero-order valence-electron chi connectivity index (χ0n) is 13.8. The first-order chi connectivity index (χ1) is 11.5. The number of carbonyl (C=O) groups excluding carboxylic acids is 2. The maximum atomic E-state index is 11.7. The number of hydrogen-bond donors (Lipinski definition) is 3. The van der Waals surface area contributed by atoms with E-state index in [1.165, 1.54) is 0 Å². The van der Waals surface area contributed by atoms with Crippen molar-refractivity contribution in [3.05, 3.63) is 71.8 Å². The van der Waals surface area contributed by atoms with Crippen LogP contribution in [0.5, 0.6) is 0 Å². The maximum Gasteiger partial charge on any atom is 0.246 e. The number of halogens is 1. The summed E-state index contributed by atoms with van der Waals surface area (Å²) in [5, 5.41) is 2.96. The number of amidine groups is 1. The zero-order valence-corrected chi connectivity index (χ0v) is 14.6. The van der Waals surface area contributed by atoms with Crippen LogP contribution >= 0.6 is 12.4 Å². The predicted molar refractivity (Wildman–Crippen MR) is 100 cm³/mol. The van der Waals surface area contributed by atoms with E-state index in [1.54, 1.807) is 43.3 Å². The fraction of sp³-hybridized carbons (Fsp3) is 0.167. The lowest BCUT2D eigenvalue weighted by Crippen LogP contribution is -2.37. The molecule has 0 bridgehead atoms. The van der Waals surface area contributed by atoms with E-state index in [9.17, 15) is 9.59 Å². The van der Waals surface area contributed by atoms with Crippen LogP contribution in [0.15, 0.2) is 65.7 Å². The minimum Gasteiger partial charge on any atom is -0.368 e. The van der Waals surface area contributed by atoms with Crippen molar-refractivity contribution in [3.63, 3.8) is 0 Å². The van der Waals surface area contributed by atoms with Crippen molar-refractivity contribution in [2.24, 2.45) is 16.5 Å². The van der Waals surface area contributed by atoms with Gasteiger partial charge in [-0.25, -0.2) is 0 Å². The van der Waals surface area contributed by atoms with Crippen LogP contribution in [0.4, 0.5) is 0 Å². The number of carbonyl (C=O) groups is 2. The summed E-state index contributed by atoms with van der Waals surface area (Å²) in [6, 6.07) is 16.5.